The molecule has 0 unspecified atom stereocenters. The molecular formula is C10H12N8O10. The standard InChI is InChI=1S/C10H12N8O10/c11-7(21)15(25)1-2(16(26)8(12)22)6(20)4(18(28)10(14)24)3(5(1)19)17(27)9(13)23/h25-28H,(H2,11,21)(H2,12,22)(H2,13,23)(H2,14,24). The van der Waals surface area contributed by atoms with Gasteiger partial charge in [-0.05, 0) is 0 Å². The maximum atomic E-state index is 12.6. The molecule has 12 N–H and O–H groups in total. The van der Waals surface area contributed by atoms with E-state index >= 15 is 0 Å². The highest BCUT2D eigenvalue weighted by Crippen LogP contribution is 2.30. The van der Waals surface area contributed by atoms with Crippen LogP contribution in [-0.2, 0) is 9.59 Å². The average Bonchev–Trinajstić information content (AvgIpc) is 2.59. The second-order valence-corrected chi connectivity index (χ2v) is 4.65. The summed E-state index contributed by atoms with van der Waals surface area (Å²) in [6.45, 7) is 0. The molecule has 1 aliphatic rings. The molecule has 1 aliphatic carbocycles. The van der Waals surface area contributed by atoms with E-state index in [-0.39, 0.29) is 0 Å². The summed E-state index contributed by atoms with van der Waals surface area (Å²) in [7, 11) is 0. The van der Waals surface area contributed by atoms with E-state index in [9.17, 15) is 49.6 Å². The summed E-state index contributed by atoms with van der Waals surface area (Å²) in [5.41, 5.74) is 12.5. The lowest BCUT2D eigenvalue weighted by Gasteiger charge is -2.31. The summed E-state index contributed by atoms with van der Waals surface area (Å²) in [5.74, 6) is -3.85. The first-order valence-corrected chi connectivity index (χ1v) is 6.47. The Morgan fingerprint density at radius 3 is 0.750 bits per heavy atom. The summed E-state index contributed by atoms with van der Waals surface area (Å²) >= 11 is 0. The molecule has 28 heavy (non-hydrogen) atoms. The second-order valence-electron chi connectivity index (χ2n) is 4.65. The van der Waals surface area contributed by atoms with Crippen molar-refractivity contribution in [1.82, 2.24) is 20.3 Å². The monoisotopic (exact) mass is 404 g/mol. The number of hydrogen-bond donors (Lipinski definition) is 8. The van der Waals surface area contributed by atoms with Crippen molar-refractivity contribution in [3.05, 3.63) is 22.8 Å². The van der Waals surface area contributed by atoms with Gasteiger partial charge in [0, 0.05) is 0 Å². The first-order chi connectivity index (χ1) is 12.7. The summed E-state index contributed by atoms with van der Waals surface area (Å²) in [5, 5.41) is 35.5. The molecule has 0 saturated carbocycles. The van der Waals surface area contributed by atoms with Gasteiger partial charge in [0.05, 0.1) is 0 Å². The van der Waals surface area contributed by atoms with E-state index in [1.54, 1.807) is 0 Å². The topological polar surface area (TPSA) is 300 Å². The van der Waals surface area contributed by atoms with Crippen LogP contribution in [-0.4, -0.2) is 76.8 Å². The molecule has 0 aromatic rings. The van der Waals surface area contributed by atoms with Gasteiger partial charge in [0.1, 0.15) is 0 Å². The Morgan fingerprint density at radius 1 is 0.500 bits per heavy atom. The largest absolute Gasteiger partial charge is 0.349 e. The Bertz CT molecular complexity index is 728. The lowest BCUT2D eigenvalue weighted by atomic mass is 9.98. The van der Waals surface area contributed by atoms with Crippen LogP contribution >= 0.6 is 0 Å². The summed E-state index contributed by atoms with van der Waals surface area (Å²) in [4.78, 5) is 69.9. The third-order valence-electron chi connectivity index (χ3n) is 2.99. The van der Waals surface area contributed by atoms with E-state index in [2.05, 4.69) is 0 Å². The molecule has 0 aliphatic heterocycles. The molecule has 0 heterocycles. The predicted molar refractivity (Wildman–Crippen MR) is 76.9 cm³/mol. The van der Waals surface area contributed by atoms with Gasteiger partial charge < -0.3 is 22.9 Å². The van der Waals surface area contributed by atoms with Gasteiger partial charge in [-0.25, -0.2) is 19.2 Å². The molecule has 0 fully saturated rings. The highest BCUT2D eigenvalue weighted by atomic mass is 16.5. The third kappa shape index (κ3) is 3.49. The number of carbonyl (C=O) groups is 6. The van der Waals surface area contributed by atoms with Gasteiger partial charge in [-0.15, -0.1) is 0 Å². The molecular weight excluding hydrogens is 392 g/mol. The molecule has 0 spiro atoms. The third-order valence-corrected chi connectivity index (χ3v) is 2.99. The van der Waals surface area contributed by atoms with Crippen molar-refractivity contribution in [2.45, 2.75) is 0 Å². The fourth-order valence-electron chi connectivity index (χ4n) is 1.88. The number of rotatable bonds is 4. The second kappa shape index (κ2) is 7.55. The van der Waals surface area contributed by atoms with E-state index in [1.807, 2.05) is 0 Å². The zero-order valence-electron chi connectivity index (χ0n) is 13.3. The Hall–Kier alpha value is -4.26. The molecule has 0 aromatic carbocycles. The van der Waals surface area contributed by atoms with Crippen LogP contribution in [0.15, 0.2) is 22.8 Å². The molecule has 0 aromatic heterocycles. The molecule has 0 bridgehead atoms. The number of primary amides is 4. The lowest BCUT2D eigenvalue weighted by molar-refractivity contribution is -0.134. The quantitative estimate of drug-likeness (QED) is 0.131. The summed E-state index contributed by atoms with van der Waals surface area (Å²) in [6, 6.07) is -7.41. The van der Waals surface area contributed by atoms with Crippen molar-refractivity contribution in [2.24, 2.45) is 22.9 Å². The Labute approximate surface area is 152 Å². The number of amides is 8. The van der Waals surface area contributed by atoms with Gasteiger partial charge >= 0.3 is 24.1 Å². The molecule has 0 radical (unpaired) electrons. The van der Waals surface area contributed by atoms with Crippen LogP contribution < -0.4 is 22.9 Å². The van der Waals surface area contributed by atoms with Gasteiger partial charge in [0.15, 0.2) is 22.8 Å². The van der Waals surface area contributed by atoms with E-state index < -0.39 is 78.7 Å². The molecule has 18 heteroatoms. The minimum absolute atomic E-state index is 0.765. The van der Waals surface area contributed by atoms with Gasteiger partial charge in [-0.1, -0.05) is 0 Å². The summed E-state index contributed by atoms with van der Waals surface area (Å²) < 4.78 is 0. The van der Waals surface area contributed by atoms with E-state index in [0.717, 1.165) is 0 Å². The smallest absolute Gasteiger partial charge is 0.343 e. The van der Waals surface area contributed by atoms with Crippen LogP contribution in [0.1, 0.15) is 0 Å². The van der Waals surface area contributed by atoms with Crippen LogP contribution in [0.4, 0.5) is 19.2 Å². The van der Waals surface area contributed by atoms with Gasteiger partial charge in [0.2, 0.25) is 11.6 Å². The van der Waals surface area contributed by atoms with Crippen molar-refractivity contribution in [1.29, 1.82) is 0 Å². The summed E-state index contributed by atoms with van der Waals surface area (Å²) in [6.07, 6.45) is 0. The molecule has 18 nitrogen and oxygen atoms in total. The molecule has 0 atom stereocenters. The number of nitrogens with zero attached hydrogens (tertiary/aromatic N) is 4. The minimum atomic E-state index is -1.92. The van der Waals surface area contributed by atoms with Crippen LogP contribution in [0.2, 0.25) is 0 Å². The van der Waals surface area contributed by atoms with Crippen LogP contribution in [0.3, 0.4) is 0 Å². The number of hydrogen-bond acceptors (Lipinski definition) is 10. The first-order valence-electron chi connectivity index (χ1n) is 6.47. The normalized spacial score (nSPS) is 14.0. The number of Topliss-reactive ketones (excluding diaryl/α,β-unsaturated/α-hetero) is 2. The minimum Gasteiger partial charge on any atom is -0.349 e. The molecule has 1 rings (SSSR count). The lowest BCUT2D eigenvalue weighted by Crippen LogP contribution is -2.51. The van der Waals surface area contributed by atoms with Crippen molar-refractivity contribution < 1.29 is 49.6 Å². The number of urea groups is 4. The number of nitrogens with two attached hydrogens (primary N) is 4. The maximum Gasteiger partial charge on any atom is 0.343 e. The highest BCUT2D eigenvalue weighted by Gasteiger charge is 2.47. The SMILES string of the molecule is NC(=O)N(O)C1=C(N(O)C(N)=O)C(=O)C(N(O)C(N)=O)=C(N(O)C(N)=O)C1=O. The first kappa shape index (κ1) is 21.8. The van der Waals surface area contributed by atoms with E-state index in [0.29, 0.717) is 0 Å². The zero-order valence-corrected chi connectivity index (χ0v) is 13.3. The average molecular weight is 404 g/mol. The van der Waals surface area contributed by atoms with Crippen molar-refractivity contribution in [2.75, 3.05) is 0 Å². The van der Waals surface area contributed by atoms with Crippen molar-refractivity contribution in [3.63, 3.8) is 0 Å². The number of ketones is 2. The van der Waals surface area contributed by atoms with E-state index in [4.69, 9.17) is 22.9 Å². The number of carbonyl (C=O) groups excluding carboxylic acids is 6. The van der Waals surface area contributed by atoms with Crippen LogP contribution in [0.25, 0.3) is 0 Å². The highest BCUT2D eigenvalue weighted by molar-refractivity contribution is 6.26. The fraction of sp³-hybridized carbons (Fsp3) is 0. The fourth-order valence-corrected chi connectivity index (χ4v) is 1.88. The van der Waals surface area contributed by atoms with Crippen LogP contribution in [0, 0.1) is 0 Å². The van der Waals surface area contributed by atoms with E-state index in [1.165, 1.54) is 0 Å². The van der Waals surface area contributed by atoms with Gasteiger partial charge in [-0.2, -0.15) is 20.3 Å². The Balaban J connectivity index is 3.98. The van der Waals surface area contributed by atoms with Crippen molar-refractivity contribution in [3.8, 4) is 0 Å². The van der Waals surface area contributed by atoms with Gasteiger partial charge in [0.25, 0.3) is 0 Å². The van der Waals surface area contributed by atoms with Gasteiger partial charge in [-0.3, -0.25) is 30.4 Å². The maximum absolute atomic E-state index is 12.6. The molecule has 152 valence electrons. The van der Waals surface area contributed by atoms with Crippen molar-refractivity contribution >= 4 is 35.7 Å². The Morgan fingerprint density at radius 2 is 0.643 bits per heavy atom. The van der Waals surface area contributed by atoms with Crippen LogP contribution in [0.5, 0.6) is 0 Å². The predicted octanol–water partition coefficient (Wildman–Crippen LogP) is -3.36. The molecule has 8 amide bonds. The number of hydroxylamine groups is 8. The zero-order chi connectivity index (χ0) is 22.1. The molecule has 0 saturated heterocycles. The Kier molecular flexibility index (Phi) is 5.87.